The van der Waals surface area contributed by atoms with Crippen LogP contribution in [0.25, 0.3) is 0 Å². The lowest BCUT2D eigenvalue weighted by Gasteiger charge is -2.11. The number of methoxy groups -OCH3 is 1. The predicted molar refractivity (Wildman–Crippen MR) is 91.7 cm³/mol. The summed E-state index contributed by atoms with van der Waals surface area (Å²) in [6, 6.07) is 9.14. The maximum absolute atomic E-state index is 12.0. The highest BCUT2D eigenvalue weighted by Gasteiger charge is 2.16. The number of anilines is 2. The van der Waals surface area contributed by atoms with E-state index in [2.05, 4.69) is 10.6 Å². The van der Waals surface area contributed by atoms with Gasteiger partial charge in [0.2, 0.25) is 0 Å². The van der Waals surface area contributed by atoms with Crippen molar-refractivity contribution in [3.8, 4) is 5.75 Å². The summed E-state index contributed by atoms with van der Waals surface area (Å²) >= 11 is 17.5. The summed E-state index contributed by atoms with van der Waals surface area (Å²) in [7, 11) is 1.44. The molecule has 0 unspecified atom stereocenters. The Bertz CT molecular complexity index is 766. The van der Waals surface area contributed by atoms with Crippen molar-refractivity contribution in [1.29, 1.82) is 0 Å². The van der Waals surface area contributed by atoms with Gasteiger partial charge in [-0.2, -0.15) is 0 Å². The monoisotopic (exact) mass is 372 g/mol. The van der Waals surface area contributed by atoms with Crippen LogP contribution in [-0.2, 0) is 9.59 Å². The van der Waals surface area contributed by atoms with E-state index in [1.54, 1.807) is 12.1 Å². The number of hydrogen-bond acceptors (Lipinski definition) is 3. The van der Waals surface area contributed by atoms with Gasteiger partial charge < -0.3 is 15.4 Å². The largest absolute Gasteiger partial charge is 0.495 e. The summed E-state index contributed by atoms with van der Waals surface area (Å²) in [5, 5.41) is 5.85. The molecule has 8 heteroatoms. The van der Waals surface area contributed by atoms with Crippen LogP contribution in [0.2, 0.25) is 15.1 Å². The molecule has 0 spiro atoms. The topological polar surface area (TPSA) is 67.4 Å². The normalized spacial score (nSPS) is 10.1. The van der Waals surface area contributed by atoms with Gasteiger partial charge >= 0.3 is 11.8 Å². The first-order valence-corrected chi connectivity index (χ1v) is 7.45. The predicted octanol–water partition coefficient (Wildman–Crippen LogP) is 4.23. The third kappa shape index (κ3) is 4.51. The van der Waals surface area contributed by atoms with E-state index in [9.17, 15) is 9.59 Å². The fourth-order valence-electron chi connectivity index (χ4n) is 1.72. The van der Waals surface area contributed by atoms with Crippen LogP contribution >= 0.6 is 34.8 Å². The maximum atomic E-state index is 12.0. The lowest BCUT2D eigenvalue weighted by Crippen LogP contribution is -2.29. The molecule has 23 heavy (non-hydrogen) atoms. The molecule has 0 radical (unpaired) electrons. The van der Waals surface area contributed by atoms with E-state index in [0.717, 1.165) is 0 Å². The second-order valence-electron chi connectivity index (χ2n) is 4.38. The molecule has 2 aromatic rings. The number of halogens is 3. The Kier molecular flexibility index (Phi) is 5.71. The first-order chi connectivity index (χ1) is 10.9. The number of nitrogens with one attached hydrogen (secondary N) is 2. The Balaban J connectivity index is 2.10. The molecule has 0 bridgehead atoms. The van der Waals surface area contributed by atoms with E-state index >= 15 is 0 Å². The molecule has 5 nitrogen and oxygen atoms in total. The molecular formula is C15H11Cl3N2O3. The number of carbonyl (C=O) groups excluding carboxylic acids is 2. The van der Waals surface area contributed by atoms with E-state index < -0.39 is 11.8 Å². The zero-order valence-corrected chi connectivity index (χ0v) is 14.1. The van der Waals surface area contributed by atoms with Crippen LogP contribution in [0.15, 0.2) is 36.4 Å². The molecule has 0 heterocycles. The number of amides is 2. The molecule has 0 atom stereocenters. The van der Waals surface area contributed by atoms with Gasteiger partial charge in [-0.3, -0.25) is 9.59 Å². The Morgan fingerprint density at radius 2 is 1.61 bits per heavy atom. The van der Waals surface area contributed by atoms with Gasteiger partial charge in [-0.25, -0.2) is 0 Å². The van der Waals surface area contributed by atoms with Crippen molar-refractivity contribution in [2.75, 3.05) is 17.7 Å². The Labute approximate surface area is 147 Å². The van der Waals surface area contributed by atoms with Crippen LogP contribution in [-0.4, -0.2) is 18.9 Å². The van der Waals surface area contributed by atoms with Crippen molar-refractivity contribution in [1.82, 2.24) is 0 Å². The molecular weight excluding hydrogens is 363 g/mol. The molecule has 0 fully saturated rings. The number of ether oxygens (including phenoxy) is 1. The number of benzene rings is 2. The number of rotatable bonds is 3. The second-order valence-corrected chi connectivity index (χ2v) is 5.63. The van der Waals surface area contributed by atoms with E-state index in [1.807, 2.05) is 0 Å². The minimum absolute atomic E-state index is 0.265. The van der Waals surface area contributed by atoms with Gasteiger partial charge in [0.1, 0.15) is 5.75 Å². The van der Waals surface area contributed by atoms with Crippen molar-refractivity contribution in [3.05, 3.63) is 51.5 Å². The summed E-state index contributed by atoms with van der Waals surface area (Å²) < 4.78 is 5.09. The Hall–Kier alpha value is -1.95. The van der Waals surface area contributed by atoms with Crippen LogP contribution in [0, 0.1) is 0 Å². The molecule has 120 valence electrons. The highest BCUT2D eigenvalue weighted by Crippen LogP contribution is 2.28. The molecule has 0 aliphatic rings. The Morgan fingerprint density at radius 1 is 0.913 bits per heavy atom. The lowest BCUT2D eigenvalue weighted by molar-refractivity contribution is -0.133. The molecule has 2 N–H and O–H groups in total. The van der Waals surface area contributed by atoms with E-state index in [0.29, 0.717) is 21.5 Å². The summed E-state index contributed by atoms with van der Waals surface area (Å²) in [4.78, 5) is 23.9. The van der Waals surface area contributed by atoms with Crippen LogP contribution in [0.4, 0.5) is 11.4 Å². The van der Waals surface area contributed by atoms with Crippen molar-refractivity contribution in [2.24, 2.45) is 0 Å². The molecule has 0 saturated carbocycles. The highest BCUT2D eigenvalue weighted by molar-refractivity contribution is 6.44. The molecule has 2 aromatic carbocycles. The zero-order valence-electron chi connectivity index (χ0n) is 11.8. The van der Waals surface area contributed by atoms with Gasteiger partial charge in [0.05, 0.1) is 22.8 Å². The lowest BCUT2D eigenvalue weighted by atomic mass is 10.3. The van der Waals surface area contributed by atoms with Crippen molar-refractivity contribution in [2.45, 2.75) is 0 Å². The average Bonchev–Trinajstić information content (AvgIpc) is 2.51. The Morgan fingerprint density at radius 3 is 2.26 bits per heavy atom. The quantitative estimate of drug-likeness (QED) is 0.791. The van der Waals surface area contributed by atoms with E-state index in [-0.39, 0.29) is 10.7 Å². The van der Waals surface area contributed by atoms with Gasteiger partial charge in [-0.05, 0) is 36.4 Å². The van der Waals surface area contributed by atoms with Gasteiger partial charge in [-0.15, -0.1) is 0 Å². The molecule has 0 aromatic heterocycles. The van der Waals surface area contributed by atoms with Gasteiger partial charge in [-0.1, -0.05) is 34.8 Å². The minimum atomic E-state index is -0.878. The maximum Gasteiger partial charge on any atom is 0.314 e. The summed E-state index contributed by atoms with van der Waals surface area (Å²) in [6.07, 6.45) is 0. The third-order valence-corrected chi connectivity index (χ3v) is 3.77. The van der Waals surface area contributed by atoms with Crippen LogP contribution < -0.4 is 15.4 Å². The fraction of sp³-hybridized carbons (Fsp3) is 0.0667. The van der Waals surface area contributed by atoms with Crippen molar-refractivity contribution in [3.63, 3.8) is 0 Å². The standard InChI is InChI=1S/C15H11Cl3N2O3/c1-23-13-5-2-8(16)6-12(13)20-15(22)14(21)19-9-3-4-10(17)11(18)7-9/h2-7H,1H3,(H,19,21)(H,20,22). The number of hydrogen-bond donors (Lipinski definition) is 2. The molecule has 0 aliphatic heterocycles. The molecule has 0 aliphatic carbocycles. The van der Waals surface area contributed by atoms with E-state index in [4.69, 9.17) is 39.5 Å². The third-order valence-electron chi connectivity index (χ3n) is 2.79. The van der Waals surface area contributed by atoms with Gasteiger partial charge in [0.15, 0.2) is 0 Å². The highest BCUT2D eigenvalue weighted by atomic mass is 35.5. The van der Waals surface area contributed by atoms with Crippen LogP contribution in [0.3, 0.4) is 0 Å². The van der Waals surface area contributed by atoms with E-state index in [1.165, 1.54) is 31.4 Å². The molecule has 2 amide bonds. The summed E-state index contributed by atoms with van der Waals surface area (Å²) in [5.74, 6) is -1.37. The fourth-order valence-corrected chi connectivity index (χ4v) is 2.19. The van der Waals surface area contributed by atoms with Crippen molar-refractivity contribution < 1.29 is 14.3 Å². The van der Waals surface area contributed by atoms with Gasteiger partial charge in [0.25, 0.3) is 0 Å². The second kappa shape index (κ2) is 7.55. The van der Waals surface area contributed by atoms with Crippen LogP contribution in [0.5, 0.6) is 5.75 Å². The van der Waals surface area contributed by atoms with Crippen LogP contribution in [0.1, 0.15) is 0 Å². The van der Waals surface area contributed by atoms with Gasteiger partial charge in [0, 0.05) is 10.7 Å². The summed E-state index contributed by atoms with van der Waals surface area (Å²) in [6.45, 7) is 0. The molecule has 0 saturated heterocycles. The summed E-state index contributed by atoms with van der Waals surface area (Å²) in [5.41, 5.74) is 0.631. The average molecular weight is 374 g/mol. The number of carbonyl (C=O) groups is 2. The minimum Gasteiger partial charge on any atom is -0.495 e. The first kappa shape index (κ1) is 17.4. The SMILES string of the molecule is COc1ccc(Cl)cc1NC(=O)C(=O)Nc1ccc(Cl)c(Cl)c1. The zero-order chi connectivity index (χ0) is 17.0. The van der Waals surface area contributed by atoms with Crippen molar-refractivity contribution >= 4 is 58.0 Å². The molecule has 2 rings (SSSR count). The first-order valence-electron chi connectivity index (χ1n) is 6.31. The smallest absolute Gasteiger partial charge is 0.314 e.